The van der Waals surface area contributed by atoms with E-state index in [1.165, 1.54) is 0 Å². The molecule has 0 aromatic heterocycles. The Balaban J connectivity index is 2.12. The molecule has 5 heteroatoms. The Kier molecular flexibility index (Phi) is 4.07. The number of halogens is 1. The minimum Gasteiger partial charge on any atom is -0.207 e. The van der Waals surface area contributed by atoms with Crippen molar-refractivity contribution in [3.8, 4) is 0 Å². The van der Waals surface area contributed by atoms with Crippen molar-refractivity contribution in [3.63, 3.8) is 0 Å². The fourth-order valence-electron chi connectivity index (χ4n) is 2.09. The highest BCUT2D eigenvalue weighted by molar-refractivity contribution is 7.89. The number of benzene rings is 1. The average Bonchev–Trinajstić information content (AvgIpc) is 2.33. The van der Waals surface area contributed by atoms with Crippen molar-refractivity contribution < 1.29 is 8.42 Å². The first-order chi connectivity index (χ1) is 8.09. The zero-order valence-electron chi connectivity index (χ0n) is 9.47. The van der Waals surface area contributed by atoms with Gasteiger partial charge in [0.1, 0.15) is 0 Å². The summed E-state index contributed by atoms with van der Waals surface area (Å²) in [6.45, 7) is 0. The van der Waals surface area contributed by atoms with Crippen LogP contribution in [0.5, 0.6) is 0 Å². The summed E-state index contributed by atoms with van der Waals surface area (Å²) in [4.78, 5) is 0.300. The molecular formula is C12H16ClNO2S. The Labute approximate surface area is 107 Å². The van der Waals surface area contributed by atoms with E-state index in [0.29, 0.717) is 4.90 Å². The van der Waals surface area contributed by atoms with Gasteiger partial charge in [-0.1, -0.05) is 31.0 Å². The van der Waals surface area contributed by atoms with Crippen molar-refractivity contribution in [2.45, 2.75) is 42.0 Å². The zero-order valence-corrected chi connectivity index (χ0v) is 11.0. The predicted molar refractivity (Wildman–Crippen MR) is 68.7 cm³/mol. The number of sulfonamides is 1. The molecule has 0 aliphatic heterocycles. The van der Waals surface area contributed by atoms with E-state index in [1.54, 1.807) is 30.3 Å². The van der Waals surface area contributed by atoms with Gasteiger partial charge < -0.3 is 0 Å². The molecule has 1 saturated carbocycles. The van der Waals surface area contributed by atoms with Crippen molar-refractivity contribution in [2.24, 2.45) is 0 Å². The number of hydrogen-bond acceptors (Lipinski definition) is 2. The van der Waals surface area contributed by atoms with E-state index in [1.807, 2.05) is 0 Å². The minimum atomic E-state index is -3.43. The van der Waals surface area contributed by atoms with Crippen LogP contribution in [0.15, 0.2) is 35.2 Å². The molecule has 3 nitrogen and oxygen atoms in total. The maximum absolute atomic E-state index is 12.1. The number of alkyl halides is 1. The van der Waals surface area contributed by atoms with Gasteiger partial charge in [-0.2, -0.15) is 0 Å². The SMILES string of the molecule is O=S(=O)(NC1CCCCC1Cl)c1ccccc1. The first kappa shape index (κ1) is 12.9. The van der Waals surface area contributed by atoms with Crippen LogP contribution in [0, 0.1) is 0 Å². The molecular weight excluding hydrogens is 258 g/mol. The fourth-order valence-corrected chi connectivity index (χ4v) is 3.84. The smallest absolute Gasteiger partial charge is 0.207 e. The molecule has 1 aliphatic carbocycles. The third kappa shape index (κ3) is 3.21. The van der Waals surface area contributed by atoms with Gasteiger partial charge in [-0.05, 0) is 25.0 Å². The van der Waals surface area contributed by atoms with Crippen LogP contribution in [-0.2, 0) is 10.0 Å². The lowest BCUT2D eigenvalue weighted by Crippen LogP contribution is -2.42. The summed E-state index contributed by atoms with van der Waals surface area (Å²) in [6.07, 6.45) is 3.81. The largest absolute Gasteiger partial charge is 0.240 e. The summed E-state index contributed by atoms with van der Waals surface area (Å²) < 4.78 is 26.9. The second-order valence-corrected chi connectivity index (χ2v) is 6.62. The monoisotopic (exact) mass is 273 g/mol. The third-order valence-corrected chi connectivity index (χ3v) is 5.07. The van der Waals surface area contributed by atoms with Crippen LogP contribution in [0.1, 0.15) is 25.7 Å². The van der Waals surface area contributed by atoms with Gasteiger partial charge in [0.25, 0.3) is 0 Å². The van der Waals surface area contributed by atoms with E-state index >= 15 is 0 Å². The van der Waals surface area contributed by atoms with Crippen molar-refractivity contribution in [2.75, 3.05) is 0 Å². The van der Waals surface area contributed by atoms with Gasteiger partial charge in [0.05, 0.1) is 4.90 Å². The Morgan fingerprint density at radius 3 is 2.41 bits per heavy atom. The first-order valence-corrected chi connectivity index (χ1v) is 7.73. The standard InChI is InChI=1S/C12H16ClNO2S/c13-11-8-4-5-9-12(11)14-17(15,16)10-6-2-1-3-7-10/h1-3,6-7,11-12,14H,4-5,8-9H2. The maximum Gasteiger partial charge on any atom is 0.240 e. The summed E-state index contributed by atoms with van der Waals surface area (Å²) >= 11 is 6.15. The second-order valence-electron chi connectivity index (χ2n) is 4.34. The summed E-state index contributed by atoms with van der Waals surface area (Å²) in [7, 11) is -3.43. The molecule has 17 heavy (non-hydrogen) atoms. The Morgan fingerprint density at radius 2 is 1.76 bits per heavy atom. The predicted octanol–water partition coefficient (Wildman–Crippen LogP) is 2.51. The molecule has 1 N–H and O–H groups in total. The molecule has 94 valence electrons. The second kappa shape index (κ2) is 5.38. The van der Waals surface area contributed by atoms with E-state index in [4.69, 9.17) is 11.6 Å². The molecule has 0 radical (unpaired) electrons. The molecule has 0 heterocycles. The lowest BCUT2D eigenvalue weighted by molar-refractivity contribution is 0.418. The van der Waals surface area contributed by atoms with Crippen LogP contribution in [0.3, 0.4) is 0 Å². The lowest BCUT2D eigenvalue weighted by Gasteiger charge is -2.27. The average molecular weight is 274 g/mol. The minimum absolute atomic E-state index is 0.0952. The Morgan fingerprint density at radius 1 is 1.12 bits per heavy atom. The Hall–Kier alpha value is -0.580. The van der Waals surface area contributed by atoms with Crippen LogP contribution in [0.25, 0.3) is 0 Å². The molecule has 2 rings (SSSR count). The maximum atomic E-state index is 12.1. The van der Waals surface area contributed by atoms with E-state index in [2.05, 4.69) is 4.72 Å². The third-order valence-electron chi connectivity index (χ3n) is 3.04. The normalized spacial score (nSPS) is 25.7. The van der Waals surface area contributed by atoms with Crippen LogP contribution in [-0.4, -0.2) is 19.8 Å². The first-order valence-electron chi connectivity index (χ1n) is 5.81. The summed E-state index contributed by atoms with van der Waals surface area (Å²) in [6, 6.07) is 8.27. The summed E-state index contributed by atoms with van der Waals surface area (Å²) in [5.74, 6) is 0. The van der Waals surface area contributed by atoms with Gasteiger partial charge in [0.2, 0.25) is 10.0 Å². The molecule has 1 fully saturated rings. The summed E-state index contributed by atoms with van der Waals surface area (Å²) in [5.41, 5.74) is 0. The van der Waals surface area contributed by atoms with E-state index < -0.39 is 10.0 Å². The van der Waals surface area contributed by atoms with Gasteiger partial charge in [-0.15, -0.1) is 11.6 Å². The molecule has 0 bridgehead atoms. The number of hydrogen-bond donors (Lipinski definition) is 1. The number of nitrogens with one attached hydrogen (secondary N) is 1. The quantitative estimate of drug-likeness (QED) is 0.860. The van der Waals surface area contributed by atoms with E-state index in [0.717, 1.165) is 25.7 Å². The van der Waals surface area contributed by atoms with Gasteiger partial charge in [0.15, 0.2) is 0 Å². The van der Waals surface area contributed by atoms with Crippen LogP contribution >= 0.6 is 11.6 Å². The van der Waals surface area contributed by atoms with Crippen molar-refractivity contribution in [1.82, 2.24) is 4.72 Å². The van der Waals surface area contributed by atoms with Gasteiger partial charge in [-0.25, -0.2) is 13.1 Å². The lowest BCUT2D eigenvalue weighted by atomic mass is 9.96. The highest BCUT2D eigenvalue weighted by atomic mass is 35.5. The highest BCUT2D eigenvalue weighted by Gasteiger charge is 2.27. The summed E-state index contributed by atoms with van der Waals surface area (Å²) in [5, 5.41) is -0.0952. The van der Waals surface area contributed by atoms with Crippen molar-refractivity contribution in [3.05, 3.63) is 30.3 Å². The molecule has 1 aliphatic rings. The van der Waals surface area contributed by atoms with Crippen LogP contribution in [0.4, 0.5) is 0 Å². The molecule has 2 unspecified atom stereocenters. The molecule has 0 saturated heterocycles. The van der Waals surface area contributed by atoms with Gasteiger partial charge in [0, 0.05) is 11.4 Å². The molecule has 1 aromatic carbocycles. The highest BCUT2D eigenvalue weighted by Crippen LogP contribution is 2.24. The van der Waals surface area contributed by atoms with E-state index in [9.17, 15) is 8.42 Å². The van der Waals surface area contributed by atoms with Gasteiger partial charge >= 0.3 is 0 Å². The van der Waals surface area contributed by atoms with E-state index in [-0.39, 0.29) is 11.4 Å². The van der Waals surface area contributed by atoms with Crippen molar-refractivity contribution in [1.29, 1.82) is 0 Å². The number of rotatable bonds is 3. The Bertz CT molecular complexity index is 461. The molecule has 1 aromatic rings. The van der Waals surface area contributed by atoms with Crippen LogP contribution in [0.2, 0.25) is 0 Å². The van der Waals surface area contributed by atoms with Crippen molar-refractivity contribution >= 4 is 21.6 Å². The van der Waals surface area contributed by atoms with Crippen LogP contribution < -0.4 is 4.72 Å². The molecule has 0 amide bonds. The van der Waals surface area contributed by atoms with Gasteiger partial charge in [-0.3, -0.25) is 0 Å². The molecule has 0 spiro atoms. The fraction of sp³-hybridized carbons (Fsp3) is 0.500. The zero-order chi connectivity index (χ0) is 12.3. The molecule has 2 atom stereocenters. The topological polar surface area (TPSA) is 46.2 Å².